The van der Waals surface area contributed by atoms with Crippen LogP contribution in [0.4, 0.5) is 13.2 Å². The second-order valence-corrected chi connectivity index (χ2v) is 2.80. The molecule has 0 amide bonds. The Balaban J connectivity index is 3.21. The first-order valence-corrected chi connectivity index (χ1v) is 3.86. The van der Waals surface area contributed by atoms with E-state index in [2.05, 4.69) is 0 Å². The van der Waals surface area contributed by atoms with E-state index in [1.165, 1.54) is 0 Å². The van der Waals surface area contributed by atoms with Gasteiger partial charge in [0.2, 0.25) is 0 Å². The molecule has 0 spiro atoms. The second kappa shape index (κ2) is 3.95. The smallest absolute Gasteiger partial charge is 0.420 e. The lowest BCUT2D eigenvalue weighted by molar-refractivity contribution is -0.138. The van der Waals surface area contributed by atoms with Gasteiger partial charge in [-0.3, -0.25) is 0 Å². The van der Waals surface area contributed by atoms with E-state index < -0.39 is 23.2 Å². The van der Waals surface area contributed by atoms with Gasteiger partial charge in [-0.1, -0.05) is 6.07 Å². The van der Waals surface area contributed by atoms with Crippen LogP contribution in [0.5, 0.6) is 11.5 Å². The van der Waals surface area contributed by atoms with Crippen LogP contribution in [0.2, 0.25) is 0 Å². The summed E-state index contributed by atoms with van der Waals surface area (Å²) in [6.45, 7) is -0.266. The van der Waals surface area contributed by atoms with Crippen molar-refractivity contribution >= 4 is 0 Å². The molecule has 84 valence electrons. The normalized spacial score (nSPS) is 11.7. The average molecular weight is 223 g/mol. The van der Waals surface area contributed by atoms with Crippen LogP contribution in [0.25, 0.3) is 0 Å². The first-order chi connectivity index (χ1) is 6.88. The van der Waals surface area contributed by atoms with E-state index in [0.29, 0.717) is 6.07 Å². The zero-order chi connectivity index (χ0) is 11.6. The Labute approximate surface area is 82.5 Å². The fourth-order valence-corrected chi connectivity index (χ4v) is 1.08. The highest BCUT2D eigenvalue weighted by Gasteiger charge is 2.35. The molecule has 0 radical (unpaired) electrons. The van der Waals surface area contributed by atoms with Gasteiger partial charge < -0.3 is 15.4 Å². The van der Waals surface area contributed by atoms with E-state index in [1.807, 2.05) is 0 Å². The number of rotatable bonds is 2. The van der Waals surface area contributed by atoms with Crippen LogP contribution in [0.15, 0.2) is 12.1 Å². The number of phenolic OH excluding ortho intramolecular Hbond substituents is 2. The predicted octanol–water partition coefficient (Wildman–Crippen LogP) is 1.60. The molecule has 0 saturated carbocycles. The summed E-state index contributed by atoms with van der Waals surface area (Å²) in [5, 5.41) is 26.5. The minimum absolute atomic E-state index is 0.0389. The Morgan fingerprint density at radius 1 is 1.13 bits per heavy atom. The molecule has 1 aromatic carbocycles. The van der Waals surface area contributed by atoms with Gasteiger partial charge in [0.25, 0.3) is 0 Å². The molecule has 0 saturated heterocycles. The quantitative estimate of drug-likeness (QED) is 0.454. The van der Waals surface area contributed by atoms with Gasteiger partial charge in [0.05, 0.1) is 0 Å². The van der Waals surface area contributed by atoms with Crippen molar-refractivity contribution in [2.75, 3.05) is 0 Å². The van der Waals surface area contributed by atoms with Crippen molar-refractivity contribution in [1.29, 1.82) is 0 Å². The molecular weight excluding hydrogens is 215 g/mol. The number of nitrogens with one attached hydrogen (secondary N) is 1. The van der Waals surface area contributed by atoms with E-state index in [1.54, 1.807) is 5.48 Å². The molecule has 0 aliphatic heterocycles. The summed E-state index contributed by atoms with van der Waals surface area (Å²) in [6.07, 6.45) is -4.73. The van der Waals surface area contributed by atoms with Crippen molar-refractivity contribution < 1.29 is 28.6 Å². The first-order valence-electron chi connectivity index (χ1n) is 3.86. The highest BCUT2D eigenvalue weighted by molar-refractivity contribution is 5.51. The SMILES string of the molecule is ONCc1ccc(C(F)(F)F)c(O)c1O. The Morgan fingerprint density at radius 2 is 1.73 bits per heavy atom. The lowest BCUT2D eigenvalue weighted by Gasteiger charge is -2.12. The highest BCUT2D eigenvalue weighted by Crippen LogP contribution is 2.41. The third-order valence-corrected chi connectivity index (χ3v) is 1.81. The van der Waals surface area contributed by atoms with Crippen LogP contribution in [-0.4, -0.2) is 15.4 Å². The molecule has 4 N–H and O–H groups in total. The maximum Gasteiger partial charge on any atom is 0.420 e. The maximum absolute atomic E-state index is 12.2. The van der Waals surface area contributed by atoms with Crippen LogP contribution in [0.1, 0.15) is 11.1 Å². The van der Waals surface area contributed by atoms with Crippen molar-refractivity contribution in [1.82, 2.24) is 5.48 Å². The largest absolute Gasteiger partial charge is 0.504 e. The molecule has 0 atom stereocenters. The molecule has 0 aromatic heterocycles. The monoisotopic (exact) mass is 223 g/mol. The molecule has 0 bridgehead atoms. The highest BCUT2D eigenvalue weighted by atomic mass is 19.4. The van der Waals surface area contributed by atoms with Crippen molar-refractivity contribution in [3.05, 3.63) is 23.3 Å². The molecular formula is C8H8F3NO3. The number of aromatic hydroxyl groups is 2. The van der Waals surface area contributed by atoms with Crippen molar-refractivity contribution in [2.45, 2.75) is 12.7 Å². The molecule has 4 nitrogen and oxygen atoms in total. The van der Waals surface area contributed by atoms with E-state index in [-0.39, 0.29) is 12.1 Å². The zero-order valence-electron chi connectivity index (χ0n) is 7.34. The van der Waals surface area contributed by atoms with Gasteiger partial charge in [-0.05, 0) is 6.07 Å². The maximum atomic E-state index is 12.2. The summed E-state index contributed by atoms with van der Waals surface area (Å²) in [4.78, 5) is 0. The molecule has 0 heterocycles. The van der Waals surface area contributed by atoms with Crippen molar-refractivity contribution in [2.24, 2.45) is 0 Å². The molecule has 0 fully saturated rings. The van der Waals surface area contributed by atoms with Gasteiger partial charge in [-0.2, -0.15) is 13.2 Å². The molecule has 1 aromatic rings. The van der Waals surface area contributed by atoms with Gasteiger partial charge in [-0.25, -0.2) is 5.48 Å². The molecule has 15 heavy (non-hydrogen) atoms. The van der Waals surface area contributed by atoms with E-state index >= 15 is 0 Å². The van der Waals surface area contributed by atoms with Crippen molar-refractivity contribution in [3.8, 4) is 11.5 Å². The van der Waals surface area contributed by atoms with Crippen LogP contribution in [-0.2, 0) is 12.7 Å². The fourth-order valence-electron chi connectivity index (χ4n) is 1.08. The number of hydroxylamine groups is 1. The van der Waals surface area contributed by atoms with E-state index in [0.717, 1.165) is 6.07 Å². The van der Waals surface area contributed by atoms with Crippen molar-refractivity contribution in [3.63, 3.8) is 0 Å². The number of alkyl halides is 3. The summed E-state index contributed by atoms with van der Waals surface area (Å²) in [6, 6.07) is 1.59. The van der Waals surface area contributed by atoms with Crippen LogP contribution >= 0.6 is 0 Å². The summed E-state index contributed by atoms with van der Waals surface area (Å²) in [7, 11) is 0. The third-order valence-electron chi connectivity index (χ3n) is 1.81. The van der Waals surface area contributed by atoms with Crippen LogP contribution in [0.3, 0.4) is 0 Å². The van der Waals surface area contributed by atoms with Gasteiger partial charge in [-0.15, -0.1) is 0 Å². The number of phenols is 2. The van der Waals surface area contributed by atoms with Gasteiger partial charge >= 0.3 is 6.18 Å². The fraction of sp³-hybridized carbons (Fsp3) is 0.250. The molecule has 1 rings (SSSR count). The second-order valence-electron chi connectivity index (χ2n) is 2.80. The molecule has 7 heteroatoms. The summed E-state index contributed by atoms with van der Waals surface area (Å²) in [5.74, 6) is -2.14. The Morgan fingerprint density at radius 3 is 2.20 bits per heavy atom. The van der Waals surface area contributed by atoms with Crippen LogP contribution < -0.4 is 5.48 Å². The zero-order valence-corrected chi connectivity index (χ0v) is 7.34. The topological polar surface area (TPSA) is 72.7 Å². The number of hydrogen-bond acceptors (Lipinski definition) is 4. The average Bonchev–Trinajstić information content (AvgIpc) is 2.11. The Hall–Kier alpha value is -1.47. The molecule has 0 aliphatic carbocycles. The standard InChI is InChI=1S/C8H8F3NO3/c9-8(10,11)5-2-1-4(3-12-15)6(13)7(5)14/h1-2,12-15H,3H2. The van der Waals surface area contributed by atoms with Gasteiger partial charge in [0, 0.05) is 12.1 Å². The van der Waals surface area contributed by atoms with Crippen LogP contribution in [0, 0.1) is 0 Å². The molecule has 0 unspecified atom stereocenters. The van der Waals surface area contributed by atoms with E-state index in [4.69, 9.17) is 10.3 Å². The minimum atomic E-state index is -4.73. The predicted molar refractivity (Wildman–Crippen MR) is 43.4 cm³/mol. The van der Waals surface area contributed by atoms with Gasteiger partial charge in [0.15, 0.2) is 11.5 Å². The van der Waals surface area contributed by atoms with E-state index in [9.17, 15) is 18.3 Å². The minimum Gasteiger partial charge on any atom is -0.504 e. The summed E-state index contributed by atoms with van der Waals surface area (Å²) in [5.41, 5.74) is 0.301. The lowest BCUT2D eigenvalue weighted by atomic mass is 10.1. The first kappa shape index (κ1) is 11.6. The Kier molecular flexibility index (Phi) is 3.06. The lowest BCUT2D eigenvalue weighted by Crippen LogP contribution is -2.09. The molecule has 0 aliphatic rings. The number of hydrogen-bond donors (Lipinski definition) is 4. The summed E-state index contributed by atoms with van der Waals surface area (Å²) >= 11 is 0. The Bertz CT molecular complexity index is 365. The third kappa shape index (κ3) is 2.31. The summed E-state index contributed by atoms with van der Waals surface area (Å²) < 4.78 is 36.6. The van der Waals surface area contributed by atoms with Gasteiger partial charge in [0.1, 0.15) is 5.56 Å². The number of halogens is 3. The number of benzene rings is 1.